The van der Waals surface area contributed by atoms with Crippen molar-refractivity contribution in [1.29, 1.82) is 0 Å². The lowest BCUT2D eigenvalue weighted by atomic mass is 10.3. The largest absolute Gasteiger partial charge is 0.401 e. The maximum atomic E-state index is 11.8. The molecule has 1 amide bonds. The number of carbonyl (C=O) groups is 1. The summed E-state index contributed by atoms with van der Waals surface area (Å²) in [5.41, 5.74) is 0.790. The van der Waals surface area contributed by atoms with Crippen LogP contribution >= 0.6 is 0 Å². The fraction of sp³-hybridized carbons (Fsp3) is 0.182. The number of rotatable bonds is 3. The van der Waals surface area contributed by atoms with E-state index < -0.39 is 5.91 Å². The van der Waals surface area contributed by atoms with E-state index in [0.717, 1.165) is 0 Å². The number of carbonyl (C=O) groups excluding carboxylic acids is 1. The highest BCUT2D eigenvalue weighted by Gasteiger charge is 2.16. The number of amides is 1. The summed E-state index contributed by atoms with van der Waals surface area (Å²) in [6.07, 6.45) is 1.61. The average Bonchev–Trinajstić information content (AvgIpc) is 3.10. The van der Waals surface area contributed by atoms with Crippen LogP contribution < -0.4 is 5.32 Å². The van der Waals surface area contributed by atoms with Gasteiger partial charge in [-0.15, -0.1) is 5.10 Å². The SMILES string of the molecule is Cc1cc(C(=O)Nc2nnc(-c3ccnn3C)o2)no1. The van der Waals surface area contributed by atoms with Gasteiger partial charge in [0.25, 0.3) is 11.8 Å². The summed E-state index contributed by atoms with van der Waals surface area (Å²) in [5, 5.41) is 17.6. The molecule has 0 aliphatic heterocycles. The number of aromatic nitrogens is 5. The predicted octanol–water partition coefficient (Wildman–Crippen LogP) is 1.02. The van der Waals surface area contributed by atoms with Gasteiger partial charge in [0.15, 0.2) is 5.69 Å². The van der Waals surface area contributed by atoms with E-state index in [9.17, 15) is 4.79 Å². The molecule has 9 nitrogen and oxygen atoms in total. The molecule has 3 rings (SSSR count). The van der Waals surface area contributed by atoms with Crippen LogP contribution in [0.5, 0.6) is 0 Å². The summed E-state index contributed by atoms with van der Waals surface area (Å²) in [5.74, 6) is 0.315. The lowest BCUT2D eigenvalue weighted by Gasteiger charge is -1.95. The van der Waals surface area contributed by atoms with Crippen LogP contribution in [0.2, 0.25) is 0 Å². The molecule has 0 aromatic carbocycles. The fourth-order valence-corrected chi connectivity index (χ4v) is 1.60. The number of aryl methyl sites for hydroxylation is 2. The van der Waals surface area contributed by atoms with E-state index in [4.69, 9.17) is 8.94 Å². The normalized spacial score (nSPS) is 10.7. The predicted molar refractivity (Wildman–Crippen MR) is 65.7 cm³/mol. The van der Waals surface area contributed by atoms with Crippen molar-refractivity contribution >= 4 is 11.9 Å². The highest BCUT2D eigenvalue weighted by molar-refractivity contribution is 6.01. The number of nitrogens with zero attached hydrogens (tertiary/aromatic N) is 5. The second kappa shape index (κ2) is 4.61. The van der Waals surface area contributed by atoms with Crippen molar-refractivity contribution in [1.82, 2.24) is 25.1 Å². The zero-order valence-corrected chi connectivity index (χ0v) is 10.7. The van der Waals surface area contributed by atoms with Gasteiger partial charge in [0.05, 0.1) is 0 Å². The van der Waals surface area contributed by atoms with Crippen molar-refractivity contribution < 1.29 is 13.7 Å². The lowest BCUT2D eigenvalue weighted by Crippen LogP contribution is -2.12. The molecule has 0 fully saturated rings. The van der Waals surface area contributed by atoms with Crippen molar-refractivity contribution in [3.05, 3.63) is 29.8 Å². The fourth-order valence-electron chi connectivity index (χ4n) is 1.60. The van der Waals surface area contributed by atoms with Gasteiger partial charge in [-0.25, -0.2) is 0 Å². The minimum atomic E-state index is -0.484. The van der Waals surface area contributed by atoms with Gasteiger partial charge in [-0.2, -0.15) is 5.10 Å². The Morgan fingerprint density at radius 2 is 2.25 bits per heavy atom. The Morgan fingerprint density at radius 1 is 1.40 bits per heavy atom. The number of hydrogen-bond acceptors (Lipinski definition) is 7. The van der Waals surface area contributed by atoms with Gasteiger partial charge in [-0.1, -0.05) is 10.3 Å². The molecule has 1 N–H and O–H groups in total. The Labute approximate surface area is 112 Å². The first-order valence-electron chi connectivity index (χ1n) is 5.70. The molecule has 0 unspecified atom stereocenters. The van der Waals surface area contributed by atoms with Gasteiger partial charge in [0.1, 0.15) is 11.5 Å². The van der Waals surface area contributed by atoms with E-state index in [1.807, 2.05) is 0 Å². The second-order valence-electron chi connectivity index (χ2n) is 4.03. The second-order valence-corrected chi connectivity index (χ2v) is 4.03. The summed E-state index contributed by atoms with van der Waals surface area (Å²) < 4.78 is 11.7. The number of hydrogen-bond donors (Lipinski definition) is 1. The van der Waals surface area contributed by atoms with Crippen LogP contribution in [0.25, 0.3) is 11.6 Å². The minimum Gasteiger partial charge on any atom is -0.401 e. The van der Waals surface area contributed by atoms with Gasteiger partial charge < -0.3 is 8.94 Å². The van der Waals surface area contributed by atoms with E-state index in [0.29, 0.717) is 11.5 Å². The van der Waals surface area contributed by atoms with Crippen molar-refractivity contribution in [2.24, 2.45) is 7.05 Å². The topological polar surface area (TPSA) is 112 Å². The summed E-state index contributed by atoms with van der Waals surface area (Å²) in [6, 6.07) is 3.21. The van der Waals surface area contributed by atoms with E-state index in [1.54, 1.807) is 30.9 Å². The highest BCUT2D eigenvalue weighted by Crippen LogP contribution is 2.18. The van der Waals surface area contributed by atoms with E-state index in [1.165, 1.54) is 6.07 Å². The Bertz CT molecular complexity index is 756. The lowest BCUT2D eigenvalue weighted by molar-refractivity contribution is 0.101. The van der Waals surface area contributed by atoms with Crippen LogP contribution in [-0.4, -0.2) is 31.0 Å². The van der Waals surface area contributed by atoms with Crippen LogP contribution in [0.15, 0.2) is 27.3 Å². The van der Waals surface area contributed by atoms with Crippen molar-refractivity contribution in [2.75, 3.05) is 5.32 Å². The Kier molecular flexibility index (Phi) is 2.78. The van der Waals surface area contributed by atoms with Crippen LogP contribution in [0.4, 0.5) is 6.01 Å². The molecular weight excluding hydrogens is 264 g/mol. The maximum Gasteiger partial charge on any atom is 0.322 e. The minimum absolute atomic E-state index is 0.0214. The molecule has 20 heavy (non-hydrogen) atoms. The third-order valence-corrected chi connectivity index (χ3v) is 2.55. The van der Waals surface area contributed by atoms with Gasteiger partial charge >= 0.3 is 6.01 Å². The molecule has 3 heterocycles. The van der Waals surface area contributed by atoms with Gasteiger partial charge in [0.2, 0.25) is 0 Å². The third kappa shape index (κ3) is 2.16. The van der Waals surface area contributed by atoms with E-state index in [2.05, 4.69) is 25.8 Å². The molecule has 0 saturated heterocycles. The van der Waals surface area contributed by atoms with Crippen LogP contribution in [0.1, 0.15) is 16.2 Å². The van der Waals surface area contributed by atoms with Crippen LogP contribution in [0.3, 0.4) is 0 Å². The smallest absolute Gasteiger partial charge is 0.322 e. The third-order valence-electron chi connectivity index (χ3n) is 2.55. The maximum absolute atomic E-state index is 11.8. The standard InChI is InChI=1S/C11H10N6O3/c1-6-5-7(16-20-6)9(18)13-11-15-14-10(19-11)8-3-4-12-17(8)2/h3-5H,1-2H3,(H,13,15,18). The van der Waals surface area contributed by atoms with Crippen molar-refractivity contribution in [2.45, 2.75) is 6.92 Å². The summed E-state index contributed by atoms with van der Waals surface area (Å²) in [4.78, 5) is 11.8. The first kappa shape index (κ1) is 12.1. The Balaban J connectivity index is 1.78. The molecule has 3 aromatic heterocycles. The number of anilines is 1. The van der Waals surface area contributed by atoms with Crippen LogP contribution in [-0.2, 0) is 7.05 Å². The quantitative estimate of drug-likeness (QED) is 0.758. The Morgan fingerprint density at radius 3 is 2.90 bits per heavy atom. The summed E-state index contributed by atoms with van der Waals surface area (Å²) >= 11 is 0. The molecule has 0 spiro atoms. The van der Waals surface area contributed by atoms with Crippen molar-refractivity contribution in [3.8, 4) is 11.6 Å². The summed E-state index contributed by atoms with van der Waals surface area (Å²) in [7, 11) is 1.75. The molecule has 0 radical (unpaired) electrons. The Hall–Kier alpha value is -2.97. The first-order valence-corrected chi connectivity index (χ1v) is 5.70. The summed E-state index contributed by atoms with van der Waals surface area (Å²) in [6.45, 7) is 1.69. The zero-order chi connectivity index (χ0) is 14.1. The highest BCUT2D eigenvalue weighted by atomic mass is 16.5. The van der Waals surface area contributed by atoms with Crippen molar-refractivity contribution in [3.63, 3.8) is 0 Å². The molecule has 0 aliphatic carbocycles. The van der Waals surface area contributed by atoms with Crippen LogP contribution in [0, 0.1) is 6.92 Å². The molecule has 102 valence electrons. The van der Waals surface area contributed by atoms with Gasteiger partial charge in [0, 0.05) is 19.3 Å². The molecule has 0 atom stereocenters. The molecule has 0 bridgehead atoms. The molecule has 0 saturated carbocycles. The monoisotopic (exact) mass is 274 g/mol. The average molecular weight is 274 g/mol. The molecule has 0 aliphatic rings. The molecule has 3 aromatic rings. The first-order chi connectivity index (χ1) is 9.63. The van der Waals surface area contributed by atoms with E-state index >= 15 is 0 Å². The van der Waals surface area contributed by atoms with Gasteiger partial charge in [-0.3, -0.25) is 14.8 Å². The number of nitrogens with one attached hydrogen (secondary N) is 1. The van der Waals surface area contributed by atoms with Gasteiger partial charge in [-0.05, 0) is 13.0 Å². The zero-order valence-electron chi connectivity index (χ0n) is 10.7. The molecular formula is C11H10N6O3. The van der Waals surface area contributed by atoms with E-state index in [-0.39, 0.29) is 17.6 Å². The molecule has 9 heteroatoms.